The van der Waals surface area contributed by atoms with Crippen molar-refractivity contribution in [2.24, 2.45) is 0 Å². The van der Waals surface area contributed by atoms with E-state index in [0.717, 1.165) is 5.56 Å². The molecule has 0 spiro atoms. The maximum Gasteiger partial charge on any atom is 0.273 e. The third kappa shape index (κ3) is 5.03. The topological polar surface area (TPSA) is 109 Å². The molecule has 2 rings (SSSR count). The highest BCUT2D eigenvalue weighted by Crippen LogP contribution is 2.31. The molecule has 0 unspecified atom stereocenters. The number of ether oxygens (including phenoxy) is 4. The second kappa shape index (κ2) is 9.45. The number of rotatable bonds is 9. The van der Waals surface area contributed by atoms with Crippen LogP contribution in [0.3, 0.4) is 0 Å². The molecule has 28 heavy (non-hydrogen) atoms. The Morgan fingerprint density at radius 1 is 1.04 bits per heavy atom. The van der Waals surface area contributed by atoms with Gasteiger partial charge in [0.2, 0.25) is 0 Å². The first-order valence-corrected chi connectivity index (χ1v) is 8.36. The van der Waals surface area contributed by atoms with Crippen molar-refractivity contribution in [1.82, 2.24) is 5.32 Å². The maximum atomic E-state index is 12.3. The molecule has 0 aliphatic heterocycles. The number of benzene rings is 2. The number of amides is 1. The molecular weight excluding hydrogens is 368 g/mol. The maximum absolute atomic E-state index is 12.3. The number of carbonyl (C=O) groups excluding carboxylic acids is 1. The van der Waals surface area contributed by atoms with E-state index in [4.69, 9.17) is 18.9 Å². The zero-order chi connectivity index (χ0) is 20.7. The Hall–Kier alpha value is -3.49. The van der Waals surface area contributed by atoms with Gasteiger partial charge < -0.3 is 24.3 Å². The summed E-state index contributed by atoms with van der Waals surface area (Å²) in [6.07, 6.45) is 0. The van der Waals surface area contributed by atoms with Gasteiger partial charge in [0.15, 0.2) is 18.1 Å². The van der Waals surface area contributed by atoms with Gasteiger partial charge in [-0.1, -0.05) is 0 Å². The van der Waals surface area contributed by atoms with Crippen molar-refractivity contribution >= 4 is 11.6 Å². The summed E-state index contributed by atoms with van der Waals surface area (Å²) in [6, 6.07) is 8.82. The van der Waals surface area contributed by atoms with E-state index in [-0.39, 0.29) is 24.1 Å². The number of nitrogens with zero attached hydrogens (tertiary/aromatic N) is 1. The Labute approximate surface area is 162 Å². The van der Waals surface area contributed by atoms with E-state index in [1.54, 1.807) is 32.2 Å². The third-order valence-corrected chi connectivity index (χ3v) is 4.00. The lowest BCUT2D eigenvalue weighted by Crippen LogP contribution is -2.31. The summed E-state index contributed by atoms with van der Waals surface area (Å²) in [4.78, 5) is 22.7. The van der Waals surface area contributed by atoms with E-state index >= 15 is 0 Å². The van der Waals surface area contributed by atoms with Crippen molar-refractivity contribution in [2.45, 2.75) is 13.0 Å². The van der Waals surface area contributed by atoms with Crippen LogP contribution in [-0.2, 0) is 4.79 Å². The summed E-state index contributed by atoms with van der Waals surface area (Å²) < 4.78 is 21.1. The van der Waals surface area contributed by atoms with Crippen LogP contribution < -0.4 is 24.3 Å². The van der Waals surface area contributed by atoms with Crippen molar-refractivity contribution in [1.29, 1.82) is 0 Å². The summed E-state index contributed by atoms with van der Waals surface area (Å²) >= 11 is 0. The van der Waals surface area contributed by atoms with E-state index in [2.05, 4.69) is 5.32 Å². The molecule has 1 amide bonds. The molecule has 2 aromatic rings. The Morgan fingerprint density at radius 2 is 1.71 bits per heavy atom. The molecule has 0 aliphatic rings. The van der Waals surface area contributed by atoms with Gasteiger partial charge in [0.25, 0.3) is 11.6 Å². The van der Waals surface area contributed by atoms with Crippen molar-refractivity contribution in [2.75, 3.05) is 27.9 Å². The molecule has 0 aliphatic carbocycles. The highest BCUT2D eigenvalue weighted by Gasteiger charge is 2.17. The summed E-state index contributed by atoms with van der Waals surface area (Å²) in [5.74, 6) is 1.23. The molecule has 1 atom stereocenters. The van der Waals surface area contributed by atoms with Crippen molar-refractivity contribution in [3.8, 4) is 23.0 Å². The number of carbonyl (C=O) groups is 1. The van der Waals surface area contributed by atoms with Gasteiger partial charge in [-0.25, -0.2) is 0 Å². The zero-order valence-electron chi connectivity index (χ0n) is 16.1. The lowest BCUT2D eigenvalue weighted by atomic mass is 10.1. The number of hydrogen-bond donors (Lipinski definition) is 1. The summed E-state index contributed by atoms with van der Waals surface area (Å²) in [6.45, 7) is 1.46. The summed E-state index contributed by atoms with van der Waals surface area (Å²) in [5.41, 5.74) is 0.578. The second-order valence-corrected chi connectivity index (χ2v) is 5.78. The van der Waals surface area contributed by atoms with Crippen molar-refractivity contribution in [3.63, 3.8) is 0 Å². The number of non-ortho nitro benzene ring substituents is 1. The monoisotopic (exact) mass is 390 g/mol. The molecule has 150 valence electrons. The molecule has 0 radical (unpaired) electrons. The zero-order valence-corrected chi connectivity index (χ0v) is 16.1. The SMILES string of the molecule is COc1ccc(OC)c([C@@H](C)NC(=O)COc2cc([N+](=O)[O-])ccc2OC)c1. The Balaban J connectivity index is 2.07. The summed E-state index contributed by atoms with van der Waals surface area (Å²) in [5, 5.41) is 13.7. The molecule has 2 aromatic carbocycles. The number of nitro benzene ring substituents is 1. The van der Waals surface area contributed by atoms with Crippen molar-refractivity contribution in [3.05, 3.63) is 52.1 Å². The van der Waals surface area contributed by atoms with Crippen LogP contribution in [-0.4, -0.2) is 38.8 Å². The molecule has 0 saturated carbocycles. The highest BCUT2D eigenvalue weighted by molar-refractivity contribution is 5.78. The number of hydrogen-bond acceptors (Lipinski definition) is 7. The van der Waals surface area contributed by atoms with Crippen LogP contribution in [0, 0.1) is 10.1 Å². The fourth-order valence-corrected chi connectivity index (χ4v) is 2.57. The predicted molar refractivity (Wildman–Crippen MR) is 101 cm³/mol. The molecule has 0 aromatic heterocycles. The van der Waals surface area contributed by atoms with Crippen molar-refractivity contribution < 1.29 is 28.7 Å². The van der Waals surface area contributed by atoms with Gasteiger partial charge in [0.1, 0.15) is 11.5 Å². The van der Waals surface area contributed by atoms with Crippen LogP contribution in [0.1, 0.15) is 18.5 Å². The van der Waals surface area contributed by atoms with Gasteiger partial charge in [-0.05, 0) is 31.2 Å². The first-order chi connectivity index (χ1) is 13.4. The van der Waals surface area contributed by atoms with Crippen LogP contribution in [0.2, 0.25) is 0 Å². The minimum atomic E-state index is -0.552. The Kier molecular flexibility index (Phi) is 7.02. The standard InChI is InChI=1S/C19H22N2O7/c1-12(15-10-14(25-2)6-8-16(15)26-3)20-19(22)11-28-18-9-13(21(23)24)5-7-17(18)27-4/h5-10,12H,11H2,1-4H3,(H,20,22)/t12-/m1/s1. The first-order valence-electron chi connectivity index (χ1n) is 8.36. The predicted octanol–water partition coefficient (Wildman–Crippen LogP) is 2.88. The smallest absolute Gasteiger partial charge is 0.273 e. The molecule has 0 bridgehead atoms. The van der Waals surface area contributed by atoms with Crippen LogP contribution in [0.25, 0.3) is 0 Å². The Morgan fingerprint density at radius 3 is 2.32 bits per heavy atom. The van der Waals surface area contributed by atoms with E-state index in [1.807, 2.05) is 0 Å². The van der Waals surface area contributed by atoms with Crippen LogP contribution in [0.15, 0.2) is 36.4 Å². The van der Waals surface area contributed by atoms with Crippen LogP contribution >= 0.6 is 0 Å². The van der Waals surface area contributed by atoms with Crippen LogP contribution in [0.4, 0.5) is 5.69 Å². The van der Waals surface area contributed by atoms with Gasteiger partial charge in [-0.2, -0.15) is 0 Å². The number of methoxy groups -OCH3 is 3. The third-order valence-electron chi connectivity index (χ3n) is 4.00. The van der Waals surface area contributed by atoms with E-state index in [1.165, 1.54) is 32.4 Å². The van der Waals surface area contributed by atoms with Gasteiger partial charge in [-0.3, -0.25) is 14.9 Å². The largest absolute Gasteiger partial charge is 0.497 e. The molecule has 1 N–H and O–H groups in total. The molecule has 0 fully saturated rings. The highest BCUT2D eigenvalue weighted by atomic mass is 16.6. The first kappa shape index (κ1) is 20.8. The normalized spacial score (nSPS) is 11.3. The number of nitrogens with one attached hydrogen (secondary N) is 1. The fraction of sp³-hybridized carbons (Fsp3) is 0.316. The lowest BCUT2D eigenvalue weighted by molar-refractivity contribution is -0.385. The molecule has 9 heteroatoms. The average molecular weight is 390 g/mol. The Bertz CT molecular complexity index is 854. The molecule has 9 nitrogen and oxygen atoms in total. The molecular formula is C19H22N2O7. The minimum absolute atomic E-state index is 0.110. The molecule has 0 saturated heterocycles. The van der Waals surface area contributed by atoms with Gasteiger partial charge >= 0.3 is 0 Å². The average Bonchev–Trinajstić information content (AvgIpc) is 2.71. The minimum Gasteiger partial charge on any atom is -0.497 e. The quantitative estimate of drug-likeness (QED) is 0.518. The van der Waals surface area contributed by atoms with E-state index < -0.39 is 10.8 Å². The van der Waals surface area contributed by atoms with E-state index in [0.29, 0.717) is 17.2 Å². The lowest BCUT2D eigenvalue weighted by Gasteiger charge is -2.18. The van der Waals surface area contributed by atoms with E-state index in [9.17, 15) is 14.9 Å². The van der Waals surface area contributed by atoms with Gasteiger partial charge in [-0.15, -0.1) is 0 Å². The molecule has 0 heterocycles. The van der Waals surface area contributed by atoms with Crippen LogP contribution in [0.5, 0.6) is 23.0 Å². The second-order valence-electron chi connectivity index (χ2n) is 5.78. The van der Waals surface area contributed by atoms with Gasteiger partial charge in [0.05, 0.1) is 38.4 Å². The number of nitro groups is 1. The summed E-state index contributed by atoms with van der Waals surface area (Å²) in [7, 11) is 4.50. The van der Waals surface area contributed by atoms with Gasteiger partial charge in [0, 0.05) is 11.6 Å². The fourth-order valence-electron chi connectivity index (χ4n) is 2.57.